The molecule has 21 heavy (non-hydrogen) atoms. The Hall–Kier alpha value is -1.43. The van der Waals surface area contributed by atoms with Crippen molar-refractivity contribution in [3.05, 3.63) is 25.3 Å². The van der Waals surface area contributed by atoms with Crippen molar-refractivity contribution in [2.75, 3.05) is 25.9 Å². The molecule has 0 saturated carbocycles. The summed E-state index contributed by atoms with van der Waals surface area (Å²) in [6.45, 7) is 7.17. The van der Waals surface area contributed by atoms with E-state index < -0.39 is 31.7 Å². The van der Waals surface area contributed by atoms with E-state index in [1.54, 1.807) is 0 Å². The van der Waals surface area contributed by atoms with Crippen LogP contribution in [0.3, 0.4) is 0 Å². The molecule has 1 amide bonds. The summed E-state index contributed by atoms with van der Waals surface area (Å²) in [5.74, 6) is -1.61. The zero-order valence-corrected chi connectivity index (χ0v) is 12.7. The molecule has 0 aromatic carbocycles. The van der Waals surface area contributed by atoms with Gasteiger partial charge in [-0.25, -0.2) is 4.79 Å². The molecule has 0 aromatic heterocycles. The molecule has 0 radical (unpaired) electrons. The van der Waals surface area contributed by atoms with Gasteiger partial charge in [-0.05, 0) is 12.8 Å². The fourth-order valence-corrected chi connectivity index (χ4v) is 3.47. The monoisotopic (exact) mass is 317 g/mol. The van der Waals surface area contributed by atoms with Gasteiger partial charge in [0.25, 0.3) is 0 Å². The lowest BCUT2D eigenvalue weighted by molar-refractivity contribution is -0.147. The minimum atomic E-state index is -3.64. The van der Waals surface area contributed by atoms with E-state index in [2.05, 4.69) is 13.2 Å². The summed E-state index contributed by atoms with van der Waals surface area (Å²) in [4.78, 5) is 24.5. The third-order valence-electron chi connectivity index (χ3n) is 2.97. The van der Waals surface area contributed by atoms with Gasteiger partial charge in [-0.2, -0.15) is 0 Å². The maximum atomic E-state index is 12.4. The van der Waals surface area contributed by atoms with Crippen molar-refractivity contribution in [2.45, 2.75) is 18.9 Å². The van der Waals surface area contributed by atoms with Crippen LogP contribution in [0.15, 0.2) is 25.3 Å². The summed E-state index contributed by atoms with van der Waals surface area (Å²) in [5.41, 5.74) is 0. The molecule has 0 unspecified atom stereocenters. The molecule has 1 saturated heterocycles. The van der Waals surface area contributed by atoms with Crippen LogP contribution in [0.25, 0.3) is 0 Å². The maximum absolute atomic E-state index is 12.4. The number of amides is 1. The standard InChI is InChI=1S/C13H20NO6P/c1-3-8-19-21(18,20-9-4-2)10-12(15)14-7-5-6-11(14)13(16)17/h3-4,11H,1-2,5-10H2,(H,16,17)/t11-/m0/s1. The number of hydrogen-bond donors (Lipinski definition) is 1. The van der Waals surface area contributed by atoms with E-state index in [0.29, 0.717) is 19.4 Å². The van der Waals surface area contributed by atoms with Crippen LogP contribution in [-0.4, -0.2) is 53.8 Å². The molecule has 1 aliphatic rings. The number of rotatable bonds is 9. The smallest absolute Gasteiger partial charge is 0.340 e. The fraction of sp³-hybridized carbons (Fsp3) is 0.538. The minimum absolute atomic E-state index is 0.0238. The Kier molecular flexibility index (Phi) is 6.81. The predicted octanol–water partition coefficient (Wildman–Crippen LogP) is 1.66. The van der Waals surface area contributed by atoms with E-state index >= 15 is 0 Å². The zero-order chi connectivity index (χ0) is 15.9. The SMILES string of the molecule is C=CCOP(=O)(CC(=O)N1CCC[C@H]1C(=O)O)OCC=C. The van der Waals surface area contributed by atoms with Crippen LogP contribution in [0.2, 0.25) is 0 Å². The van der Waals surface area contributed by atoms with Gasteiger partial charge in [0.1, 0.15) is 12.2 Å². The molecular weight excluding hydrogens is 297 g/mol. The molecule has 0 bridgehead atoms. The molecule has 1 fully saturated rings. The van der Waals surface area contributed by atoms with Crippen molar-refractivity contribution in [3.8, 4) is 0 Å². The van der Waals surface area contributed by atoms with E-state index in [1.807, 2.05) is 0 Å². The second-order valence-electron chi connectivity index (χ2n) is 4.52. The lowest BCUT2D eigenvalue weighted by Gasteiger charge is -2.24. The third kappa shape index (κ3) is 5.12. The lowest BCUT2D eigenvalue weighted by atomic mass is 10.2. The maximum Gasteiger partial charge on any atom is 0.340 e. The molecule has 0 spiro atoms. The molecule has 1 heterocycles. The van der Waals surface area contributed by atoms with E-state index in [4.69, 9.17) is 14.2 Å². The van der Waals surface area contributed by atoms with Crippen LogP contribution in [0.4, 0.5) is 0 Å². The number of carboxylic acid groups (broad SMARTS) is 1. The second-order valence-corrected chi connectivity index (χ2v) is 6.58. The van der Waals surface area contributed by atoms with Crippen molar-refractivity contribution in [1.29, 1.82) is 0 Å². The van der Waals surface area contributed by atoms with Gasteiger partial charge in [-0.1, -0.05) is 12.2 Å². The van der Waals surface area contributed by atoms with E-state index in [1.165, 1.54) is 17.1 Å². The Morgan fingerprint density at radius 1 is 1.29 bits per heavy atom. The quantitative estimate of drug-likeness (QED) is 0.513. The van der Waals surface area contributed by atoms with Gasteiger partial charge in [-0.15, -0.1) is 13.2 Å². The van der Waals surface area contributed by atoms with Crippen LogP contribution < -0.4 is 0 Å². The minimum Gasteiger partial charge on any atom is -0.480 e. The highest BCUT2D eigenvalue weighted by Gasteiger charge is 2.38. The predicted molar refractivity (Wildman–Crippen MR) is 77.1 cm³/mol. The number of carbonyl (C=O) groups excluding carboxylic acids is 1. The molecule has 118 valence electrons. The molecule has 1 N–H and O–H groups in total. The number of carboxylic acids is 1. The topological polar surface area (TPSA) is 93.1 Å². The van der Waals surface area contributed by atoms with Crippen LogP contribution >= 0.6 is 7.60 Å². The highest BCUT2D eigenvalue weighted by Crippen LogP contribution is 2.48. The van der Waals surface area contributed by atoms with Crippen molar-refractivity contribution in [3.63, 3.8) is 0 Å². The first-order chi connectivity index (χ1) is 9.93. The largest absolute Gasteiger partial charge is 0.480 e. The first-order valence-corrected chi connectivity index (χ1v) is 8.28. The fourth-order valence-electron chi connectivity index (χ4n) is 2.04. The zero-order valence-electron chi connectivity index (χ0n) is 11.8. The molecule has 0 aromatic rings. The number of likely N-dealkylation sites (tertiary alicyclic amines) is 1. The second kappa shape index (κ2) is 8.12. The van der Waals surface area contributed by atoms with Crippen molar-refractivity contribution in [2.24, 2.45) is 0 Å². The van der Waals surface area contributed by atoms with Gasteiger partial charge in [-0.3, -0.25) is 9.36 Å². The Morgan fingerprint density at radius 2 is 1.86 bits per heavy atom. The van der Waals surface area contributed by atoms with Gasteiger partial charge < -0.3 is 19.1 Å². The molecule has 8 heteroatoms. The molecule has 1 rings (SSSR count). The summed E-state index contributed by atoms with van der Waals surface area (Å²) < 4.78 is 22.6. The molecular formula is C13H20NO6P. The summed E-state index contributed by atoms with van der Waals surface area (Å²) in [7, 11) is -3.64. The number of aliphatic carboxylic acids is 1. The highest BCUT2D eigenvalue weighted by atomic mass is 31.2. The first-order valence-electron chi connectivity index (χ1n) is 6.55. The Morgan fingerprint density at radius 3 is 2.33 bits per heavy atom. The first kappa shape index (κ1) is 17.6. The van der Waals surface area contributed by atoms with Gasteiger partial charge in [0, 0.05) is 6.54 Å². The van der Waals surface area contributed by atoms with Crippen molar-refractivity contribution >= 4 is 19.5 Å². The van der Waals surface area contributed by atoms with Gasteiger partial charge in [0.2, 0.25) is 5.91 Å². The van der Waals surface area contributed by atoms with E-state index in [9.17, 15) is 14.2 Å². The number of carbonyl (C=O) groups is 2. The average molecular weight is 317 g/mol. The lowest BCUT2D eigenvalue weighted by Crippen LogP contribution is -2.41. The molecule has 0 aliphatic carbocycles. The van der Waals surface area contributed by atoms with E-state index in [0.717, 1.165) is 0 Å². The summed E-state index contributed by atoms with van der Waals surface area (Å²) >= 11 is 0. The summed E-state index contributed by atoms with van der Waals surface area (Å²) in [6.07, 6.45) is 3.30. The highest BCUT2D eigenvalue weighted by molar-refractivity contribution is 7.54. The Balaban J connectivity index is 2.74. The van der Waals surface area contributed by atoms with Crippen LogP contribution in [0, 0.1) is 0 Å². The van der Waals surface area contributed by atoms with Crippen molar-refractivity contribution < 1.29 is 28.3 Å². The van der Waals surface area contributed by atoms with Crippen LogP contribution in [0.1, 0.15) is 12.8 Å². The Labute approximate surface area is 123 Å². The molecule has 1 aliphatic heterocycles. The van der Waals surface area contributed by atoms with Gasteiger partial charge in [0.15, 0.2) is 0 Å². The van der Waals surface area contributed by atoms with Gasteiger partial charge >= 0.3 is 13.6 Å². The Bertz CT molecular complexity index is 448. The third-order valence-corrected chi connectivity index (χ3v) is 4.71. The number of nitrogens with zero attached hydrogens (tertiary/aromatic N) is 1. The van der Waals surface area contributed by atoms with Crippen molar-refractivity contribution in [1.82, 2.24) is 4.90 Å². The molecule has 1 atom stereocenters. The molecule has 7 nitrogen and oxygen atoms in total. The average Bonchev–Trinajstić information content (AvgIpc) is 2.93. The normalized spacial score (nSPS) is 18.5. The summed E-state index contributed by atoms with van der Waals surface area (Å²) in [6, 6.07) is -0.871. The van der Waals surface area contributed by atoms with Gasteiger partial charge in [0.05, 0.1) is 13.2 Å². The van der Waals surface area contributed by atoms with Crippen LogP contribution in [0.5, 0.6) is 0 Å². The number of hydrogen-bond acceptors (Lipinski definition) is 5. The van der Waals surface area contributed by atoms with Crippen LogP contribution in [-0.2, 0) is 23.2 Å². The summed E-state index contributed by atoms with van der Waals surface area (Å²) in [5, 5.41) is 9.06. The van der Waals surface area contributed by atoms with E-state index in [-0.39, 0.29) is 13.2 Å².